The van der Waals surface area contributed by atoms with Crippen molar-refractivity contribution < 1.29 is 14.0 Å². The molecule has 1 aliphatic heterocycles. The zero-order valence-corrected chi connectivity index (χ0v) is 14.1. The Hall–Kier alpha value is -1.82. The number of benzene rings is 1. The molecule has 1 aromatic carbocycles. The number of anilines is 1. The van der Waals surface area contributed by atoms with Crippen molar-refractivity contribution in [2.45, 2.75) is 32.7 Å². The van der Waals surface area contributed by atoms with Crippen LogP contribution in [0, 0.1) is 5.82 Å². The van der Waals surface area contributed by atoms with E-state index in [2.05, 4.69) is 5.32 Å². The smallest absolute Gasteiger partial charge is 0.322 e. The number of nitrogens with zero attached hydrogens (tertiary/aromatic N) is 2. The standard InChI is InChI=1S/C16H21ClFN3O2/c1-3-20(4-2)15(22)14-6-5-9-21(14)16(23)19-13-10-11(18)7-8-12(13)17/h7-8,10,14H,3-6,9H2,1-2H3,(H,19,23). The first-order valence-electron chi connectivity index (χ1n) is 7.79. The van der Waals surface area contributed by atoms with Crippen LogP contribution >= 0.6 is 11.6 Å². The summed E-state index contributed by atoms with van der Waals surface area (Å²) < 4.78 is 13.3. The lowest BCUT2D eigenvalue weighted by Gasteiger charge is -2.29. The molecule has 7 heteroatoms. The predicted molar refractivity (Wildman–Crippen MR) is 88.1 cm³/mol. The van der Waals surface area contributed by atoms with E-state index < -0.39 is 17.9 Å². The molecule has 0 aliphatic carbocycles. The number of urea groups is 1. The fourth-order valence-electron chi connectivity index (χ4n) is 2.79. The van der Waals surface area contributed by atoms with Gasteiger partial charge in [-0.25, -0.2) is 9.18 Å². The van der Waals surface area contributed by atoms with E-state index in [-0.39, 0.29) is 16.6 Å². The van der Waals surface area contributed by atoms with Gasteiger partial charge in [-0.2, -0.15) is 0 Å². The van der Waals surface area contributed by atoms with Gasteiger partial charge in [-0.15, -0.1) is 0 Å². The first kappa shape index (κ1) is 17.5. The van der Waals surface area contributed by atoms with Gasteiger partial charge in [0.25, 0.3) is 0 Å². The van der Waals surface area contributed by atoms with Crippen LogP contribution in [0.5, 0.6) is 0 Å². The van der Waals surface area contributed by atoms with Gasteiger partial charge in [0.2, 0.25) is 5.91 Å². The maximum Gasteiger partial charge on any atom is 0.322 e. The highest BCUT2D eigenvalue weighted by atomic mass is 35.5. The number of likely N-dealkylation sites (N-methyl/N-ethyl adjacent to an activating group) is 1. The van der Waals surface area contributed by atoms with Crippen LogP contribution in [0.1, 0.15) is 26.7 Å². The zero-order chi connectivity index (χ0) is 17.0. The summed E-state index contributed by atoms with van der Waals surface area (Å²) in [7, 11) is 0. The third-order valence-electron chi connectivity index (χ3n) is 4.04. The second kappa shape index (κ2) is 7.64. The number of likely N-dealkylation sites (tertiary alicyclic amines) is 1. The van der Waals surface area contributed by atoms with Gasteiger partial charge in [0, 0.05) is 19.6 Å². The van der Waals surface area contributed by atoms with Crippen LogP contribution in [-0.4, -0.2) is 47.4 Å². The van der Waals surface area contributed by atoms with Crippen LogP contribution in [0.25, 0.3) is 0 Å². The van der Waals surface area contributed by atoms with E-state index in [0.717, 1.165) is 12.5 Å². The van der Waals surface area contributed by atoms with Gasteiger partial charge in [0.15, 0.2) is 0 Å². The summed E-state index contributed by atoms with van der Waals surface area (Å²) in [5, 5.41) is 2.85. The summed E-state index contributed by atoms with van der Waals surface area (Å²) >= 11 is 5.97. The molecule has 126 valence electrons. The van der Waals surface area contributed by atoms with Crippen molar-refractivity contribution in [3.8, 4) is 0 Å². The summed E-state index contributed by atoms with van der Waals surface area (Å²) in [6, 6.07) is 2.87. The second-order valence-electron chi connectivity index (χ2n) is 5.42. The molecule has 1 heterocycles. The molecule has 1 fully saturated rings. The highest BCUT2D eigenvalue weighted by molar-refractivity contribution is 6.33. The van der Waals surface area contributed by atoms with Crippen molar-refractivity contribution in [2.75, 3.05) is 25.0 Å². The number of halogens is 2. The fourth-order valence-corrected chi connectivity index (χ4v) is 2.96. The SMILES string of the molecule is CCN(CC)C(=O)C1CCCN1C(=O)Nc1cc(F)ccc1Cl. The van der Waals surface area contributed by atoms with E-state index in [1.165, 1.54) is 17.0 Å². The average Bonchev–Trinajstić information content (AvgIpc) is 3.01. The van der Waals surface area contributed by atoms with Gasteiger partial charge in [-0.05, 0) is 44.9 Å². The van der Waals surface area contributed by atoms with E-state index in [4.69, 9.17) is 11.6 Å². The molecule has 1 aliphatic rings. The molecule has 5 nitrogen and oxygen atoms in total. The van der Waals surface area contributed by atoms with Gasteiger partial charge in [0.05, 0.1) is 10.7 Å². The number of carbonyl (C=O) groups excluding carboxylic acids is 2. The van der Waals surface area contributed by atoms with Crippen LogP contribution in [0.4, 0.5) is 14.9 Å². The highest BCUT2D eigenvalue weighted by Crippen LogP contribution is 2.25. The number of hydrogen-bond donors (Lipinski definition) is 1. The lowest BCUT2D eigenvalue weighted by molar-refractivity contribution is -0.134. The Morgan fingerprint density at radius 2 is 2.09 bits per heavy atom. The Morgan fingerprint density at radius 1 is 1.39 bits per heavy atom. The van der Waals surface area contributed by atoms with E-state index in [1.54, 1.807) is 4.90 Å². The molecule has 23 heavy (non-hydrogen) atoms. The van der Waals surface area contributed by atoms with E-state index in [0.29, 0.717) is 26.1 Å². The zero-order valence-electron chi connectivity index (χ0n) is 13.3. The lowest BCUT2D eigenvalue weighted by atomic mass is 10.2. The predicted octanol–water partition coefficient (Wildman–Crippen LogP) is 3.34. The van der Waals surface area contributed by atoms with Gasteiger partial charge in [0.1, 0.15) is 11.9 Å². The van der Waals surface area contributed by atoms with Crippen molar-refractivity contribution in [3.05, 3.63) is 29.0 Å². The molecule has 0 radical (unpaired) electrons. The average molecular weight is 342 g/mol. The van der Waals surface area contributed by atoms with Crippen molar-refractivity contribution in [2.24, 2.45) is 0 Å². The minimum Gasteiger partial charge on any atom is -0.341 e. The van der Waals surface area contributed by atoms with E-state index in [9.17, 15) is 14.0 Å². The molecule has 0 aromatic heterocycles. The molecule has 3 amide bonds. The molecule has 0 saturated carbocycles. The monoisotopic (exact) mass is 341 g/mol. The Kier molecular flexibility index (Phi) is 5.82. The minimum atomic E-state index is -0.484. The summed E-state index contributed by atoms with van der Waals surface area (Å²) in [5.74, 6) is -0.533. The van der Waals surface area contributed by atoms with Crippen LogP contribution < -0.4 is 5.32 Å². The fraction of sp³-hybridized carbons (Fsp3) is 0.500. The Bertz CT molecular complexity index is 593. The van der Waals surface area contributed by atoms with Crippen LogP contribution in [0.15, 0.2) is 18.2 Å². The lowest BCUT2D eigenvalue weighted by Crippen LogP contribution is -2.49. The van der Waals surface area contributed by atoms with Crippen LogP contribution in [-0.2, 0) is 4.79 Å². The molecule has 1 saturated heterocycles. The highest BCUT2D eigenvalue weighted by Gasteiger charge is 2.36. The molecular weight excluding hydrogens is 321 g/mol. The van der Waals surface area contributed by atoms with Crippen molar-refractivity contribution >= 4 is 29.2 Å². The number of rotatable bonds is 4. The van der Waals surface area contributed by atoms with Gasteiger partial charge < -0.3 is 15.1 Å². The van der Waals surface area contributed by atoms with Gasteiger partial charge >= 0.3 is 6.03 Å². The van der Waals surface area contributed by atoms with Gasteiger partial charge in [-0.1, -0.05) is 11.6 Å². The normalized spacial score (nSPS) is 17.2. The summed E-state index contributed by atoms with van der Waals surface area (Å²) in [4.78, 5) is 28.2. The topological polar surface area (TPSA) is 52.7 Å². The molecule has 1 unspecified atom stereocenters. The third kappa shape index (κ3) is 3.93. The van der Waals surface area contributed by atoms with E-state index in [1.807, 2.05) is 13.8 Å². The molecule has 2 rings (SSSR count). The third-order valence-corrected chi connectivity index (χ3v) is 4.37. The number of hydrogen-bond acceptors (Lipinski definition) is 2. The first-order valence-corrected chi connectivity index (χ1v) is 8.17. The number of carbonyl (C=O) groups is 2. The Labute approximate surface area is 140 Å². The maximum atomic E-state index is 13.3. The summed E-state index contributed by atoms with van der Waals surface area (Å²) in [6.07, 6.45) is 1.40. The van der Waals surface area contributed by atoms with Gasteiger partial charge in [-0.3, -0.25) is 4.79 Å². The first-order chi connectivity index (χ1) is 11.0. The Balaban J connectivity index is 2.11. The maximum absolute atomic E-state index is 13.3. The van der Waals surface area contributed by atoms with Crippen molar-refractivity contribution in [1.82, 2.24) is 9.80 Å². The van der Waals surface area contributed by atoms with E-state index >= 15 is 0 Å². The molecular formula is C16H21ClFN3O2. The van der Waals surface area contributed by atoms with Crippen molar-refractivity contribution in [3.63, 3.8) is 0 Å². The molecule has 1 atom stereocenters. The summed E-state index contributed by atoms with van der Waals surface area (Å²) in [5.41, 5.74) is 0.206. The molecule has 0 spiro atoms. The number of amides is 3. The molecule has 0 bridgehead atoms. The molecule has 1 N–H and O–H groups in total. The Morgan fingerprint density at radius 3 is 2.74 bits per heavy atom. The second-order valence-corrected chi connectivity index (χ2v) is 5.82. The van der Waals surface area contributed by atoms with Crippen molar-refractivity contribution in [1.29, 1.82) is 0 Å². The van der Waals surface area contributed by atoms with Crippen LogP contribution in [0.2, 0.25) is 5.02 Å². The largest absolute Gasteiger partial charge is 0.341 e. The minimum absolute atomic E-state index is 0.0482. The summed E-state index contributed by atoms with van der Waals surface area (Å²) in [6.45, 7) is 5.53. The number of nitrogens with one attached hydrogen (secondary N) is 1. The molecule has 1 aromatic rings. The quantitative estimate of drug-likeness (QED) is 0.913. The van der Waals surface area contributed by atoms with Crippen LogP contribution in [0.3, 0.4) is 0 Å².